The number of benzene rings is 1. The molecule has 1 fully saturated rings. The van der Waals surface area contributed by atoms with Gasteiger partial charge in [0.05, 0.1) is 0 Å². The van der Waals surface area contributed by atoms with Crippen molar-refractivity contribution in [2.24, 2.45) is 0 Å². The number of rotatable bonds is 2. The van der Waals surface area contributed by atoms with Crippen LogP contribution in [0.4, 0.5) is 4.79 Å². The van der Waals surface area contributed by atoms with Gasteiger partial charge < -0.3 is 15.0 Å². The molecule has 23 heavy (non-hydrogen) atoms. The van der Waals surface area contributed by atoms with Gasteiger partial charge in [-0.2, -0.15) is 0 Å². The Kier molecular flexibility index (Phi) is 5.34. The molecule has 0 unspecified atom stereocenters. The highest BCUT2D eigenvalue weighted by Crippen LogP contribution is 2.15. The van der Waals surface area contributed by atoms with Crippen molar-refractivity contribution in [3.63, 3.8) is 0 Å². The Labute approximate surface area is 138 Å². The third-order valence-electron chi connectivity index (χ3n) is 3.69. The molecule has 1 heterocycles. The normalized spacial score (nSPS) is 16.0. The number of amides is 2. The van der Waals surface area contributed by atoms with Crippen LogP contribution < -0.4 is 10.8 Å². The van der Waals surface area contributed by atoms with Crippen molar-refractivity contribution in [3.05, 3.63) is 29.8 Å². The summed E-state index contributed by atoms with van der Waals surface area (Å²) in [6, 6.07) is 7.04. The van der Waals surface area contributed by atoms with Crippen LogP contribution in [0, 0.1) is 0 Å². The van der Waals surface area contributed by atoms with Crippen LogP contribution in [0.2, 0.25) is 0 Å². The minimum atomic E-state index is -0.493. The number of nitrogens with one attached hydrogen (secondary N) is 1. The van der Waals surface area contributed by atoms with E-state index in [-0.39, 0.29) is 18.0 Å². The van der Waals surface area contributed by atoms with Crippen LogP contribution in [0.5, 0.6) is 0 Å². The van der Waals surface area contributed by atoms with E-state index in [4.69, 9.17) is 12.6 Å². The second kappa shape index (κ2) is 7.07. The molecule has 0 bridgehead atoms. The van der Waals surface area contributed by atoms with Gasteiger partial charge >= 0.3 is 6.09 Å². The van der Waals surface area contributed by atoms with Crippen LogP contribution in [-0.2, 0) is 4.74 Å². The lowest BCUT2D eigenvalue weighted by Gasteiger charge is -2.33. The highest BCUT2D eigenvalue weighted by Gasteiger charge is 2.27. The first-order valence-corrected chi connectivity index (χ1v) is 7.89. The van der Waals surface area contributed by atoms with E-state index >= 15 is 0 Å². The van der Waals surface area contributed by atoms with E-state index in [0.717, 1.165) is 0 Å². The van der Waals surface area contributed by atoms with E-state index in [1.54, 1.807) is 29.2 Å². The van der Waals surface area contributed by atoms with Crippen LogP contribution in [0.15, 0.2) is 24.3 Å². The van der Waals surface area contributed by atoms with Crippen LogP contribution in [0.3, 0.4) is 0 Å². The summed E-state index contributed by atoms with van der Waals surface area (Å²) < 4.78 is 5.36. The third kappa shape index (κ3) is 5.01. The fourth-order valence-electron chi connectivity index (χ4n) is 2.50. The fourth-order valence-corrected chi connectivity index (χ4v) is 2.50. The average molecular weight is 314 g/mol. The van der Waals surface area contributed by atoms with Gasteiger partial charge in [0.25, 0.3) is 5.91 Å². The lowest BCUT2D eigenvalue weighted by molar-refractivity contribution is 0.0200. The molecule has 0 atom stereocenters. The molecule has 2 radical (unpaired) electrons. The molecule has 0 spiro atoms. The van der Waals surface area contributed by atoms with Gasteiger partial charge in [-0.1, -0.05) is 29.7 Å². The standard InChI is InChI=1S/C17H23BN2O3/c1-17(2,3)23-16(22)20-10-8-12(9-11-20)19-15(21)13-6-4-5-7-14(13)18/h4-7,12H,8-11H2,1-3H3,(H,19,21). The zero-order valence-corrected chi connectivity index (χ0v) is 14.0. The van der Waals surface area contributed by atoms with E-state index in [1.165, 1.54) is 0 Å². The van der Waals surface area contributed by atoms with Gasteiger partial charge in [0.1, 0.15) is 13.4 Å². The minimum absolute atomic E-state index is 0.0424. The average Bonchev–Trinajstić information content (AvgIpc) is 2.46. The fraction of sp³-hybridized carbons (Fsp3) is 0.529. The van der Waals surface area contributed by atoms with Crippen LogP contribution in [-0.4, -0.2) is 49.5 Å². The molecule has 1 saturated heterocycles. The summed E-state index contributed by atoms with van der Waals surface area (Å²) in [6.45, 7) is 6.70. The summed E-state index contributed by atoms with van der Waals surface area (Å²) in [7, 11) is 5.82. The molecule has 0 aliphatic carbocycles. The first-order chi connectivity index (χ1) is 10.8. The molecule has 6 heteroatoms. The van der Waals surface area contributed by atoms with E-state index < -0.39 is 5.60 Å². The predicted octanol–water partition coefficient (Wildman–Crippen LogP) is 1.61. The van der Waals surface area contributed by atoms with Gasteiger partial charge in [-0.25, -0.2) is 4.79 Å². The zero-order chi connectivity index (χ0) is 17.0. The molecule has 1 aromatic rings. The number of nitrogens with zero attached hydrogens (tertiary/aromatic N) is 1. The van der Waals surface area contributed by atoms with E-state index in [9.17, 15) is 9.59 Å². The molecule has 1 aliphatic rings. The summed E-state index contributed by atoms with van der Waals surface area (Å²) in [6.07, 6.45) is 1.12. The van der Waals surface area contributed by atoms with Crippen molar-refractivity contribution < 1.29 is 14.3 Å². The SMILES string of the molecule is [B]c1ccccc1C(=O)NC1CCN(C(=O)OC(C)(C)C)CC1. The Bertz CT molecular complexity index is 575. The van der Waals surface area contributed by atoms with Gasteiger partial charge in [0.15, 0.2) is 0 Å². The van der Waals surface area contributed by atoms with Gasteiger partial charge in [0.2, 0.25) is 0 Å². The van der Waals surface area contributed by atoms with Crippen LogP contribution in [0.25, 0.3) is 0 Å². The predicted molar refractivity (Wildman–Crippen MR) is 90.1 cm³/mol. The summed E-state index contributed by atoms with van der Waals surface area (Å²) in [5.74, 6) is -0.168. The molecule has 0 saturated carbocycles. The maximum Gasteiger partial charge on any atom is 0.410 e. The number of carbonyl (C=O) groups excluding carboxylic acids is 2. The summed E-state index contributed by atoms with van der Waals surface area (Å²) in [5.41, 5.74) is 0.464. The lowest BCUT2D eigenvalue weighted by atomic mass is 9.90. The third-order valence-corrected chi connectivity index (χ3v) is 3.69. The van der Waals surface area contributed by atoms with E-state index in [0.29, 0.717) is 37.0 Å². The Balaban J connectivity index is 1.84. The van der Waals surface area contributed by atoms with Gasteiger partial charge in [0, 0.05) is 24.7 Å². The van der Waals surface area contributed by atoms with Crippen LogP contribution >= 0.6 is 0 Å². The second-order valence-corrected chi connectivity index (χ2v) is 6.80. The van der Waals surface area contributed by atoms with Gasteiger partial charge in [-0.3, -0.25) is 4.79 Å². The Morgan fingerprint density at radius 2 is 1.83 bits per heavy atom. The molecule has 1 N–H and O–H groups in total. The topological polar surface area (TPSA) is 58.6 Å². The summed E-state index contributed by atoms with van der Waals surface area (Å²) in [5, 5.41) is 2.99. The molecule has 1 aromatic carbocycles. The van der Waals surface area contributed by atoms with Crippen molar-refractivity contribution >= 4 is 25.3 Å². The zero-order valence-electron chi connectivity index (χ0n) is 14.0. The number of carbonyl (C=O) groups is 2. The van der Waals surface area contributed by atoms with Crippen LogP contribution in [0.1, 0.15) is 44.0 Å². The smallest absolute Gasteiger partial charge is 0.410 e. The number of hydrogen-bond donors (Lipinski definition) is 1. The lowest BCUT2D eigenvalue weighted by Crippen LogP contribution is -2.48. The van der Waals surface area contributed by atoms with Crippen molar-refractivity contribution in [2.75, 3.05) is 13.1 Å². The number of hydrogen-bond acceptors (Lipinski definition) is 3. The van der Waals surface area contributed by atoms with Gasteiger partial charge in [-0.15, -0.1) is 0 Å². The molecule has 1 aliphatic heterocycles. The number of piperidine rings is 1. The van der Waals surface area contributed by atoms with Crippen molar-refractivity contribution in [2.45, 2.75) is 45.3 Å². The molecule has 5 nitrogen and oxygen atoms in total. The highest BCUT2D eigenvalue weighted by molar-refractivity contribution is 6.36. The maximum absolute atomic E-state index is 12.2. The number of likely N-dealkylation sites (tertiary alicyclic amines) is 1. The molecule has 2 amide bonds. The largest absolute Gasteiger partial charge is 0.444 e. The molecular formula is C17H23BN2O3. The Morgan fingerprint density at radius 1 is 1.22 bits per heavy atom. The Morgan fingerprint density at radius 3 is 2.39 bits per heavy atom. The first-order valence-electron chi connectivity index (χ1n) is 7.89. The Hall–Kier alpha value is -1.98. The first kappa shape index (κ1) is 17.4. The van der Waals surface area contributed by atoms with Gasteiger partial charge in [-0.05, 0) is 33.6 Å². The van der Waals surface area contributed by atoms with Crippen molar-refractivity contribution in [1.29, 1.82) is 0 Å². The van der Waals surface area contributed by atoms with E-state index in [2.05, 4.69) is 5.32 Å². The summed E-state index contributed by atoms with van der Waals surface area (Å²) >= 11 is 0. The van der Waals surface area contributed by atoms with Crippen molar-refractivity contribution in [3.8, 4) is 0 Å². The molecule has 122 valence electrons. The number of ether oxygens (including phenoxy) is 1. The molecule has 0 aromatic heterocycles. The minimum Gasteiger partial charge on any atom is -0.444 e. The maximum atomic E-state index is 12.2. The highest BCUT2D eigenvalue weighted by atomic mass is 16.6. The van der Waals surface area contributed by atoms with Crippen molar-refractivity contribution in [1.82, 2.24) is 10.2 Å². The molecule has 2 rings (SSSR count). The van der Waals surface area contributed by atoms with E-state index in [1.807, 2.05) is 20.8 Å². The monoisotopic (exact) mass is 314 g/mol. The quantitative estimate of drug-likeness (QED) is 0.844. The summed E-state index contributed by atoms with van der Waals surface area (Å²) in [4.78, 5) is 25.9. The molecular weight excluding hydrogens is 291 g/mol. The second-order valence-electron chi connectivity index (χ2n) is 6.80.